The molecule has 0 spiro atoms. The second-order valence-electron chi connectivity index (χ2n) is 9.51. The second-order valence-corrected chi connectivity index (χ2v) is 29.6. The van der Waals surface area contributed by atoms with Crippen LogP contribution in [0.3, 0.4) is 0 Å². The third kappa shape index (κ3) is 25.9. The van der Waals surface area contributed by atoms with Crippen LogP contribution in [0, 0.1) is 0 Å². The van der Waals surface area contributed by atoms with Crippen LogP contribution < -0.4 is 0 Å². The van der Waals surface area contributed by atoms with Gasteiger partial charge in [-0.2, -0.15) is 0 Å². The summed E-state index contributed by atoms with van der Waals surface area (Å²) in [5.41, 5.74) is 0. The van der Waals surface area contributed by atoms with Gasteiger partial charge < -0.3 is 0 Å². The van der Waals surface area contributed by atoms with Crippen molar-refractivity contribution >= 4 is 66.4 Å². The number of rotatable bonds is 22. The van der Waals surface area contributed by atoms with E-state index in [1.165, 1.54) is 49.3 Å². The van der Waals surface area contributed by atoms with Gasteiger partial charge in [-0.25, -0.2) is 0 Å². The van der Waals surface area contributed by atoms with Gasteiger partial charge >= 0.3 is 56.4 Å². The zero-order valence-corrected chi connectivity index (χ0v) is 36.5. The first-order chi connectivity index (χ1) is 17.0. The van der Waals surface area contributed by atoms with E-state index in [9.17, 15) is 0 Å². The van der Waals surface area contributed by atoms with Crippen molar-refractivity contribution in [3.63, 3.8) is 0 Å². The molecule has 35 heavy (non-hydrogen) atoms. The molecule has 10 heteroatoms. The van der Waals surface area contributed by atoms with Gasteiger partial charge in [-0.05, 0) is 55.4 Å². The Labute approximate surface area is 261 Å². The van der Waals surface area contributed by atoms with E-state index in [0.29, 0.717) is 0 Å². The van der Waals surface area contributed by atoms with E-state index >= 15 is 0 Å². The molecule has 0 aromatic heterocycles. The van der Waals surface area contributed by atoms with E-state index in [1.54, 1.807) is 92.7 Å². The Hall–Kier alpha value is 4.54. The average molecular weight is 1010 g/mol. The summed E-state index contributed by atoms with van der Waals surface area (Å²) in [4.78, 5) is 0. The van der Waals surface area contributed by atoms with E-state index in [4.69, 9.17) is 0 Å². The fraction of sp³-hybridized carbons (Fsp3) is 1.00. The van der Waals surface area contributed by atoms with Crippen molar-refractivity contribution in [3.8, 4) is 0 Å². The molecule has 0 bridgehead atoms. The Morgan fingerprint density at radius 1 is 0.314 bits per heavy atom. The zero-order valence-electron chi connectivity index (χ0n) is 24.4. The minimum atomic E-state index is -0.0751. The molecule has 0 unspecified atom stereocenters. The van der Waals surface area contributed by atoms with Crippen molar-refractivity contribution in [1.82, 2.24) is 0 Å². The zero-order chi connectivity index (χ0) is 27.5. The van der Waals surface area contributed by atoms with Crippen molar-refractivity contribution in [1.29, 1.82) is 0 Å². The Morgan fingerprint density at radius 3 is 0.600 bits per heavy atom. The first-order valence-corrected chi connectivity index (χ1v) is 32.6. The molecule has 220 valence electrons. The minimum absolute atomic E-state index is 0.0133. The fourth-order valence-electron chi connectivity index (χ4n) is 4.79. The van der Waals surface area contributed by atoms with E-state index in [-0.39, 0.29) is 47.5 Å². The van der Waals surface area contributed by atoms with Crippen LogP contribution in [0.5, 0.6) is 0 Å². The predicted molar refractivity (Wildman–Crippen MR) is 190 cm³/mol. The quantitative estimate of drug-likeness (QED) is 0.0949. The summed E-state index contributed by atoms with van der Waals surface area (Å²) in [5, 5.41) is 0. The van der Waals surface area contributed by atoms with Crippen LogP contribution in [0.1, 0.15) is 55.4 Å². The molecule has 0 N–H and O–H groups in total. The molecular weight excluding hydrogens is 947 g/mol. The number of hydrogen-bond donors (Lipinski definition) is 0. The first kappa shape index (κ1) is 44.0. The van der Waals surface area contributed by atoms with Crippen molar-refractivity contribution in [2.45, 2.75) is 55.4 Å². The van der Waals surface area contributed by atoms with Crippen LogP contribution in [0.2, 0.25) is 0 Å². The third-order valence-electron chi connectivity index (χ3n) is 7.83. The average Bonchev–Trinajstić information content (AvgIpc) is 2.92. The normalized spacial score (nSPS) is 11.5. The topological polar surface area (TPSA) is 0 Å². The van der Waals surface area contributed by atoms with Crippen molar-refractivity contribution < 1.29 is 37.5 Å². The van der Waals surface area contributed by atoms with Crippen molar-refractivity contribution in [2.24, 2.45) is 0 Å². The summed E-state index contributed by atoms with van der Waals surface area (Å²) >= 11 is 3.22. The Morgan fingerprint density at radius 2 is 0.457 bits per heavy atom. The van der Waals surface area contributed by atoms with Crippen molar-refractivity contribution in [2.75, 3.05) is 104 Å². The standard InChI is InChI=1S/C25H58P6.2ClH.2Pt/c1-9-26(10-2)17-21-30(22-18-27(11-3)12-4)25-31(23-19-28(13-5)14-6)24-20-29(15-7)16-8;;;;/h9-25H2,1-8H3;2*1H;;/q;;;2*+2/p+4. The van der Waals surface area contributed by atoms with Gasteiger partial charge in [-0.3, -0.25) is 0 Å². The van der Waals surface area contributed by atoms with Gasteiger partial charge in [0.2, 0.25) is 0 Å². The van der Waals surface area contributed by atoms with Crippen molar-refractivity contribution in [3.05, 3.63) is 0 Å². The Bertz CT molecular complexity index is 321. The second kappa shape index (κ2) is 34.7. The molecule has 0 aliphatic rings. The maximum atomic E-state index is 4.61. The van der Waals surface area contributed by atoms with E-state index < -0.39 is 0 Å². The summed E-state index contributed by atoms with van der Waals surface area (Å²) in [6, 6.07) is 0. The van der Waals surface area contributed by atoms with Gasteiger partial charge in [-0.15, -0.1) is 0 Å². The molecule has 0 saturated heterocycles. The molecule has 0 atom stereocenters. The van der Waals surface area contributed by atoms with E-state index in [0.717, 1.165) is 0 Å². The van der Waals surface area contributed by atoms with Gasteiger partial charge in [0.25, 0.3) is 0 Å². The molecule has 0 amide bonds. The first-order valence-electron chi connectivity index (χ1n) is 14.3. The molecule has 0 saturated carbocycles. The summed E-state index contributed by atoms with van der Waals surface area (Å²) in [5.74, 6) is 1.80. The summed E-state index contributed by atoms with van der Waals surface area (Å²) in [7, 11) is 9.02. The predicted octanol–water partition coefficient (Wildman–Crippen LogP) is 9.76. The monoisotopic (exact) mass is 1010 g/mol. The Kier molecular flexibility index (Phi) is 43.7. The van der Waals surface area contributed by atoms with Gasteiger partial charge in [0.1, 0.15) is 0 Å². The molecule has 0 rings (SSSR count). The fourth-order valence-corrected chi connectivity index (χ4v) is 27.1. The van der Waals surface area contributed by atoms with Crippen LogP contribution in [0.15, 0.2) is 0 Å². The molecule has 0 fully saturated rings. The van der Waals surface area contributed by atoms with Crippen LogP contribution in [0.25, 0.3) is 0 Å². The van der Waals surface area contributed by atoms with Gasteiger partial charge in [0.05, 0.1) is 98.6 Å². The Balaban J connectivity index is -0.00000242. The third-order valence-corrected chi connectivity index (χ3v) is 29.5. The molecule has 0 nitrogen and oxygen atoms in total. The summed E-state index contributed by atoms with van der Waals surface area (Å²) in [6.07, 6.45) is 25.6. The molecule has 0 aromatic rings. The SMILES string of the molecule is CC[PH+](CC)CC[PH+](CC[PH+](CC)CC)C[PH+](CC[PH+](CC)CC)CC[PH+](CC)CC.[Cl][Pt+].[Cl][Pt+]. The van der Waals surface area contributed by atoms with Crippen LogP contribution >= 0.6 is 66.4 Å². The van der Waals surface area contributed by atoms with Crippen LogP contribution in [-0.2, 0) is 37.5 Å². The molecule has 0 aliphatic heterocycles. The number of hydrogen-bond acceptors (Lipinski definition) is 0. The van der Waals surface area contributed by atoms with E-state index in [1.807, 2.05) is 0 Å². The number of halogens is 2. The molecule has 0 radical (unpaired) electrons. The maximum absolute atomic E-state index is 4.61. The molecule has 0 aromatic carbocycles. The van der Waals surface area contributed by atoms with Gasteiger partial charge in [0.15, 0.2) is 5.90 Å². The molecular formula is C25H64Cl2P6Pt2+8. The van der Waals surface area contributed by atoms with Crippen LogP contribution in [0.4, 0.5) is 0 Å². The summed E-state index contributed by atoms with van der Waals surface area (Å²) in [6.45, 7) is 19.8. The van der Waals surface area contributed by atoms with E-state index in [2.05, 4.69) is 74.2 Å². The van der Waals surface area contributed by atoms with Gasteiger partial charge in [0, 0.05) is 47.5 Å². The molecule has 0 heterocycles. The summed E-state index contributed by atoms with van der Waals surface area (Å²) < 4.78 is 0. The van der Waals surface area contributed by atoms with Gasteiger partial charge in [-0.1, -0.05) is 0 Å². The molecule has 0 aliphatic carbocycles. The van der Waals surface area contributed by atoms with Crippen LogP contribution in [-0.4, -0.2) is 104 Å².